The Labute approximate surface area is 218 Å². The molecule has 1 aromatic heterocycles. The monoisotopic (exact) mass is 474 g/mol. The number of rotatable bonds is 6. The highest BCUT2D eigenvalue weighted by Gasteiger charge is 2.20. The summed E-state index contributed by atoms with van der Waals surface area (Å²) in [5, 5.41) is 0. The summed E-state index contributed by atoms with van der Waals surface area (Å²) in [6.07, 6.45) is 3.68. The van der Waals surface area contributed by atoms with Gasteiger partial charge in [0.2, 0.25) is 0 Å². The lowest BCUT2D eigenvalue weighted by Crippen LogP contribution is -2.12. The molecule has 0 bridgehead atoms. The Bertz CT molecular complexity index is 1530. The molecular weight excluding hydrogens is 448 g/mol. The largest absolute Gasteiger partial charge is 0.309 e. The van der Waals surface area contributed by atoms with Crippen LogP contribution in [0.2, 0.25) is 0 Å². The molecule has 0 unspecified atom stereocenters. The number of para-hydroxylation sites is 2. The van der Waals surface area contributed by atoms with Gasteiger partial charge in [-0.2, -0.15) is 0 Å². The zero-order valence-corrected chi connectivity index (χ0v) is 20.4. The first-order chi connectivity index (χ1) is 18.4. The highest BCUT2D eigenvalue weighted by Crippen LogP contribution is 2.45. The van der Waals surface area contributed by atoms with E-state index in [4.69, 9.17) is 0 Å². The van der Waals surface area contributed by atoms with Crippen molar-refractivity contribution in [2.45, 2.75) is 0 Å². The lowest BCUT2D eigenvalue weighted by Gasteiger charge is -2.30. The summed E-state index contributed by atoms with van der Waals surface area (Å²) in [4.78, 5) is 6.59. The van der Waals surface area contributed by atoms with Crippen molar-refractivity contribution in [2.24, 2.45) is 0 Å². The summed E-state index contributed by atoms with van der Waals surface area (Å²) in [5.41, 5.74) is 10.4. The van der Waals surface area contributed by atoms with Crippen molar-refractivity contribution >= 4 is 17.1 Å². The van der Waals surface area contributed by atoms with E-state index in [1.165, 1.54) is 22.3 Å². The molecular formula is C35H26N2. The van der Waals surface area contributed by atoms with Gasteiger partial charge in [-0.3, -0.25) is 4.98 Å². The van der Waals surface area contributed by atoms with Gasteiger partial charge in [0, 0.05) is 29.2 Å². The highest BCUT2D eigenvalue weighted by molar-refractivity contribution is 5.94. The Hall–Kier alpha value is -4.95. The molecule has 0 atom stereocenters. The van der Waals surface area contributed by atoms with E-state index < -0.39 is 0 Å². The minimum atomic E-state index is 1.10. The van der Waals surface area contributed by atoms with Gasteiger partial charge in [-0.1, -0.05) is 109 Å². The standard InChI is InChI=1S/C35H26N2/c1-3-12-28(13-4-1)32-18-7-9-20-34(32)37(31-17-11-16-30(26-31)27-22-24-36-25-23-27)35-21-10-8-19-33(35)29-14-5-2-6-15-29/h1-26H. The zero-order chi connectivity index (χ0) is 24.9. The van der Waals surface area contributed by atoms with Gasteiger partial charge in [-0.25, -0.2) is 0 Å². The molecule has 6 rings (SSSR count). The molecule has 37 heavy (non-hydrogen) atoms. The average Bonchev–Trinajstić information content (AvgIpc) is 2.99. The molecule has 176 valence electrons. The minimum Gasteiger partial charge on any atom is -0.309 e. The molecule has 1 heterocycles. The predicted octanol–water partition coefficient (Wildman–Crippen LogP) is 9.55. The van der Waals surface area contributed by atoms with Crippen LogP contribution in [0.15, 0.2) is 158 Å². The minimum absolute atomic E-state index is 1.10. The van der Waals surface area contributed by atoms with Crippen molar-refractivity contribution in [3.05, 3.63) is 158 Å². The molecule has 0 radical (unpaired) electrons. The third-order valence-corrected chi connectivity index (χ3v) is 6.58. The van der Waals surface area contributed by atoms with Gasteiger partial charge in [-0.15, -0.1) is 0 Å². The number of benzene rings is 5. The van der Waals surface area contributed by atoms with Crippen LogP contribution < -0.4 is 4.90 Å². The summed E-state index contributed by atoms with van der Waals surface area (Å²) < 4.78 is 0. The van der Waals surface area contributed by atoms with E-state index in [0.29, 0.717) is 0 Å². The van der Waals surface area contributed by atoms with Crippen molar-refractivity contribution in [3.63, 3.8) is 0 Å². The molecule has 0 amide bonds. The molecule has 0 aliphatic carbocycles. The number of anilines is 3. The number of nitrogens with zero attached hydrogens (tertiary/aromatic N) is 2. The number of hydrogen-bond donors (Lipinski definition) is 0. The van der Waals surface area contributed by atoms with E-state index in [9.17, 15) is 0 Å². The fraction of sp³-hybridized carbons (Fsp3) is 0. The van der Waals surface area contributed by atoms with Crippen LogP contribution >= 0.6 is 0 Å². The highest BCUT2D eigenvalue weighted by atomic mass is 15.1. The van der Waals surface area contributed by atoms with E-state index in [-0.39, 0.29) is 0 Å². The van der Waals surface area contributed by atoms with Crippen LogP contribution in [0.4, 0.5) is 17.1 Å². The number of aromatic nitrogens is 1. The van der Waals surface area contributed by atoms with Gasteiger partial charge < -0.3 is 4.90 Å². The molecule has 2 heteroatoms. The second-order valence-electron chi connectivity index (χ2n) is 8.89. The summed E-state index contributed by atoms with van der Waals surface area (Å²) in [6.45, 7) is 0. The summed E-state index contributed by atoms with van der Waals surface area (Å²) in [6, 6.07) is 51.3. The number of hydrogen-bond acceptors (Lipinski definition) is 2. The predicted molar refractivity (Wildman–Crippen MR) is 155 cm³/mol. The molecule has 0 saturated carbocycles. The molecule has 0 fully saturated rings. The molecule has 0 spiro atoms. The van der Waals surface area contributed by atoms with E-state index in [1.807, 2.05) is 12.4 Å². The van der Waals surface area contributed by atoms with E-state index in [2.05, 4.69) is 155 Å². The SMILES string of the molecule is c1ccc(-c2ccccc2N(c2cccc(-c3ccncc3)c2)c2ccccc2-c2ccccc2)cc1. The van der Waals surface area contributed by atoms with Gasteiger partial charge in [0.05, 0.1) is 11.4 Å². The van der Waals surface area contributed by atoms with Crippen molar-refractivity contribution in [1.82, 2.24) is 4.98 Å². The van der Waals surface area contributed by atoms with E-state index >= 15 is 0 Å². The van der Waals surface area contributed by atoms with Crippen LogP contribution in [0.5, 0.6) is 0 Å². The quantitative estimate of drug-likeness (QED) is 0.239. The Morgan fingerprint density at radius 2 is 0.865 bits per heavy atom. The summed E-state index contributed by atoms with van der Waals surface area (Å²) >= 11 is 0. The lowest BCUT2D eigenvalue weighted by molar-refractivity contribution is 1.28. The Balaban J connectivity index is 1.61. The Morgan fingerprint density at radius 3 is 1.43 bits per heavy atom. The first-order valence-electron chi connectivity index (χ1n) is 12.5. The van der Waals surface area contributed by atoms with Crippen LogP contribution in [0.1, 0.15) is 0 Å². The van der Waals surface area contributed by atoms with Crippen LogP contribution in [0.3, 0.4) is 0 Å². The summed E-state index contributed by atoms with van der Waals surface area (Å²) in [7, 11) is 0. The fourth-order valence-electron chi connectivity index (χ4n) is 4.84. The first-order valence-corrected chi connectivity index (χ1v) is 12.5. The third kappa shape index (κ3) is 4.65. The Kier molecular flexibility index (Phi) is 6.30. The molecule has 0 aliphatic rings. The Morgan fingerprint density at radius 1 is 0.378 bits per heavy atom. The zero-order valence-electron chi connectivity index (χ0n) is 20.4. The van der Waals surface area contributed by atoms with E-state index in [0.717, 1.165) is 28.2 Å². The number of pyridine rings is 1. The van der Waals surface area contributed by atoms with E-state index in [1.54, 1.807) is 0 Å². The van der Waals surface area contributed by atoms with Gasteiger partial charge in [0.1, 0.15) is 0 Å². The maximum absolute atomic E-state index is 4.20. The van der Waals surface area contributed by atoms with Crippen LogP contribution in [-0.2, 0) is 0 Å². The molecule has 0 N–H and O–H groups in total. The van der Waals surface area contributed by atoms with Gasteiger partial charge in [0.25, 0.3) is 0 Å². The second-order valence-corrected chi connectivity index (χ2v) is 8.89. The topological polar surface area (TPSA) is 16.1 Å². The summed E-state index contributed by atoms with van der Waals surface area (Å²) in [5.74, 6) is 0. The molecule has 0 saturated heterocycles. The van der Waals surface area contributed by atoms with Crippen LogP contribution in [0.25, 0.3) is 33.4 Å². The maximum Gasteiger partial charge on any atom is 0.0540 e. The maximum atomic E-state index is 4.20. The molecule has 0 aliphatic heterocycles. The van der Waals surface area contributed by atoms with Gasteiger partial charge in [0.15, 0.2) is 0 Å². The van der Waals surface area contributed by atoms with Crippen LogP contribution in [0, 0.1) is 0 Å². The average molecular weight is 475 g/mol. The third-order valence-electron chi connectivity index (χ3n) is 6.58. The van der Waals surface area contributed by atoms with Gasteiger partial charge >= 0.3 is 0 Å². The van der Waals surface area contributed by atoms with Crippen molar-refractivity contribution in [2.75, 3.05) is 4.90 Å². The van der Waals surface area contributed by atoms with Gasteiger partial charge in [-0.05, 0) is 58.7 Å². The normalized spacial score (nSPS) is 10.7. The fourth-order valence-corrected chi connectivity index (χ4v) is 4.84. The lowest BCUT2D eigenvalue weighted by atomic mass is 9.98. The van der Waals surface area contributed by atoms with Crippen molar-refractivity contribution in [1.29, 1.82) is 0 Å². The first kappa shape index (κ1) is 22.5. The molecule has 5 aromatic carbocycles. The smallest absolute Gasteiger partial charge is 0.0540 e. The van der Waals surface area contributed by atoms with Crippen molar-refractivity contribution < 1.29 is 0 Å². The van der Waals surface area contributed by atoms with Crippen molar-refractivity contribution in [3.8, 4) is 33.4 Å². The van der Waals surface area contributed by atoms with Crippen LogP contribution in [-0.4, -0.2) is 4.98 Å². The second kappa shape index (κ2) is 10.3. The molecule has 6 aromatic rings. The molecule has 2 nitrogen and oxygen atoms in total.